The van der Waals surface area contributed by atoms with Crippen molar-refractivity contribution in [2.24, 2.45) is 0 Å². The lowest BCUT2D eigenvalue weighted by molar-refractivity contribution is 0.0590. The van der Waals surface area contributed by atoms with E-state index in [9.17, 15) is 4.79 Å². The molecule has 0 aliphatic carbocycles. The average Bonchev–Trinajstić information content (AvgIpc) is 2.94. The summed E-state index contributed by atoms with van der Waals surface area (Å²) in [5.41, 5.74) is 1.41. The summed E-state index contributed by atoms with van der Waals surface area (Å²) in [5.74, 6) is 0.151. The maximum absolute atomic E-state index is 11.6. The Morgan fingerprint density at radius 3 is 2.42 bits per heavy atom. The summed E-state index contributed by atoms with van der Waals surface area (Å²) in [6.45, 7) is 0. The Balaban J connectivity index is 2.41. The van der Waals surface area contributed by atoms with Crippen LogP contribution in [0.15, 0.2) is 48.7 Å². The van der Waals surface area contributed by atoms with Crippen molar-refractivity contribution in [2.75, 3.05) is 14.2 Å². The highest BCUT2D eigenvalue weighted by atomic mass is 16.5. The summed E-state index contributed by atoms with van der Waals surface area (Å²) in [7, 11) is 2.92. The second-order valence-corrected chi connectivity index (χ2v) is 3.85. The molecule has 0 saturated heterocycles. The van der Waals surface area contributed by atoms with Gasteiger partial charge in [-0.25, -0.2) is 4.79 Å². The minimum Gasteiger partial charge on any atom is -0.482 e. The van der Waals surface area contributed by atoms with E-state index in [-0.39, 0.29) is 0 Å². The predicted octanol–water partition coefficient (Wildman–Crippen LogP) is 2.88. The van der Waals surface area contributed by atoms with Crippen LogP contribution < -0.4 is 0 Å². The number of aromatic nitrogens is 1. The van der Waals surface area contributed by atoms with Gasteiger partial charge in [-0.3, -0.25) is 4.57 Å². The number of benzene rings is 1. The highest BCUT2D eigenvalue weighted by molar-refractivity contribution is 5.89. The van der Waals surface area contributed by atoms with Gasteiger partial charge in [-0.05, 0) is 17.7 Å². The van der Waals surface area contributed by atoms with Gasteiger partial charge in [0.05, 0.1) is 14.2 Å². The number of rotatable bonds is 4. The fraction of sp³-hybridized carbons (Fsp3) is 0.133. The lowest BCUT2D eigenvalue weighted by Crippen LogP contribution is -2.10. The Morgan fingerprint density at radius 2 is 1.79 bits per heavy atom. The lowest BCUT2D eigenvalue weighted by atomic mass is 10.2. The van der Waals surface area contributed by atoms with Crippen LogP contribution >= 0.6 is 0 Å². The van der Waals surface area contributed by atoms with Crippen LogP contribution in [0.3, 0.4) is 0 Å². The van der Waals surface area contributed by atoms with Crippen molar-refractivity contribution in [3.8, 4) is 0 Å². The number of ether oxygens (including phenoxy) is 2. The maximum Gasteiger partial charge on any atom is 0.355 e. The van der Waals surface area contributed by atoms with Crippen molar-refractivity contribution in [1.29, 1.82) is 0 Å². The van der Waals surface area contributed by atoms with E-state index in [4.69, 9.17) is 9.47 Å². The van der Waals surface area contributed by atoms with Crippen LogP contribution in [0.1, 0.15) is 16.1 Å². The number of hydrogen-bond donors (Lipinski definition) is 0. The minimum absolute atomic E-state index is 0.402. The molecule has 0 aliphatic rings. The molecular formula is C15H15NO3. The molecule has 4 nitrogen and oxygen atoms in total. The van der Waals surface area contributed by atoms with E-state index in [0.717, 1.165) is 5.56 Å². The second-order valence-electron chi connectivity index (χ2n) is 3.85. The summed E-state index contributed by atoms with van der Waals surface area (Å²) in [5, 5.41) is 0. The van der Waals surface area contributed by atoms with E-state index in [2.05, 4.69) is 0 Å². The molecular weight excluding hydrogens is 242 g/mol. The van der Waals surface area contributed by atoms with Crippen LogP contribution in [0.5, 0.6) is 0 Å². The number of carbonyl (C=O) groups excluding carboxylic acids is 1. The van der Waals surface area contributed by atoms with Crippen molar-refractivity contribution >= 4 is 17.9 Å². The van der Waals surface area contributed by atoms with E-state index in [1.54, 1.807) is 30.0 Å². The SMILES string of the molecule is COC(=O)c1cccn1/C(=C\c1ccccc1)OC. The van der Waals surface area contributed by atoms with Crippen LogP contribution in [0.25, 0.3) is 12.0 Å². The number of nitrogens with zero attached hydrogens (tertiary/aromatic N) is 1. The summed E-state index contributed by atoms with van der Waals surface area (Å²) >= 11 is 0. The zero-order chi connectivity index (χ0) is 13.7. The summed E-state index contributed by atoms with van der Waals surface area (Å²) in [6, 6.07) is 13.2. The first kappa shape index (κ1) is 13.0. The molecule has 0 N–H and O–H groups in total. The average molecular weight is 257 g/mol. The van der Waals surface area contributed by atoms with Crippen molar-refractivity contribution in [1.82, 2.24) is 4.57 Å². The summed E-state index contributed by atoms with van der Waals surface area (Å²) in [4.78, 5) is 11.6. The van der Waals surface area contributed by atoms with Crippen molar-refractivity contribution in [3.05, 3.63) is 59.9 Å². The van der Waals surface area contributed by atoms with Crippen molar-refractivity contribution in [2.45, 2.75) is 0 Å². The Hall–Kier alpha value is -2.49. The van der Waals surface area contributed by atoms with Gasteiger partial charge < -0.3 is 9.47 Å². The Labute approximate surface area is 111 Å². The first-order chi connectivity index (χ1) is 9.26. The summed E-state index contributed by atoms with van der Waals surface area (Å²) < 4.78 is 11.7. The van der Waals surface area contributed by atoms with Crippen LogP contribution in [-0.2, 0) is 9.47 Å². The van der Waals surface area contributed by atoms with E-state index >= 15 is 0 Å². The van der Waals surface area contributed by atoms with E-state index in [1.165, 1.54) is 7.11 Å². The molecule has 2 rings (SSSR count). The fourth-order valence-electron chi connectivity index (χ4n) is 1.76. The number of hydrogen-bond acceptors (Lipinski definition) is 3. The smallest absolute Gasteiger partial charge is 0.355 e. The third kappa shape index (κ3) is 2.85. The van der Waals surface area contributed by atoms with Gasteiger partial charge in [0.2, 0.25) is 0 Å². The van der Waals surface area contributed by atoms with Gasteiger partial charge in [-0.1, -0.05) is 30.3 Å². The first-order valence-corrected chi connectivity index (χ1v) is 5.83. The predicted molar refractivity (Wildman–Crippen MR) is 73.4 cm³/mol. The monoisotopic (exact) mass is 257 g/mol. The molecule has 0 bridgehead atoms. The molecule has 1 aromatic carbocycles. The van der Waals surface area contributed by atoms with Gasteiger partial charge in [0.25, 0.3) is 0 Å². The second kappa shape index (κ2) is 5.91. The van der Waals surface area contributed by atoms with E-state index in [1.807, 2.05) is 36.4 Å². The topological polar surface area (TPSA) is 40.5 Å². The molecule has 98 valence electrons. The molecule has 0 unspecified atom stereocenters. The van der Waals surface area contributed by atoms with Gasteiger partial charge in [-0.15, -0.1) is 0 Å². The fourth-order valence-corrected chi connectivity index (χ4v) is 1.76. The molecule has 0 radical (unpaired) electrons. The van der Waals surface area contributed by atoms with E-state index < -0.39 is 5.97 Å². The zero-order valence-corrected chi connectivity index (χ0v) is 10.9. The standard InChI is InChI=1S/C15H15NO3/c1-18-14(11-12-7-4-3-5-8-12)16-10-6-9-13(16)15(17)19-2/h3-11H,1-2H3/b14-11+. The van der Waals surface area contributed by atoms with Gasteiger partial charge in [-0.2, -0.15) is 0 Å². The molecule has 4 heteroatoms. The lowest BCUT2D eigenvalue weighted by Gasteiger charge is -2.11. The van der Waals surface area contributed by atoms with Crippen LogP contribution in [0, 0.1) is 0 Å². The molecule has 0 spiro atoms. The molecule has 2 aromatic rings. The molecule has 1 aromatic heterocycles. The van der Waals surface area contributed by atoms with Crippen molar-refractivity contribution < 1.29 is 14.3 Å². The van der Waals surface area contributed by atoms with E-state index in [0.29, 0.717) is 11.6 Å². The Kier molecular flexibility index (Phi) is 4.03. The largest absolute Gasteiger partial charge is 0.482 e. The highest BCUT2D eigenvalue weighted by Crippen LogP contribution is 2.16. The summed E-state index contributed by atoms with van der Waals surface area (Å²) in [6.07, 6.45) is 3.61. The van der Waals surface area contributed by atoms with Crippen LogP contribution in [0.2, 0.25) is 0 Å². The van der Waals surface area contributed by atoms with Crippen LogP contribution in [0.4, 0.5) is 0 Å². The molecule has 0 aliphatic heterocycles. The molecule has 1 heterocycles. The van der Waals surface area contributed by atoms with Gasteiger partial charge >= 0.3 is 5.97 Å². The normalized spacial score (nSPS) is 11.2. The number of methoxy groups -OCH3 is 2. The maximum atomic E-state index is 11.6. The molecule has 0 saturated carbocycles. The molecule has 0 amide bonds. The molecule has 0 fully saturated rings. The number of esters is 1. The Bertz CT molecular complexity index is 584. The van der Waals surface area contributed by atoms with Gasteiger partial charge in [0, 0.05) is 12.3 Å². The number of carbonyl (C=O) groups is 1. The third-order valence-electron chi connectivity index (χ3n) is 2.68. The first-order valence-electron chi connectivity index (χ1n) is 5.83. The molecule has 0 atom stereocenters. The Morgan fingerprint density at radius 1 is 1.05 bits per heavy atom. The third-order valence-corrected chi connectivity index (χ3v) is 2.68. The van der Waals surface area contributed by atoms with Gasteiger partial charge in [0.15, 0.2) is 5.88 Å². The minimum atomic E-state index is -0.402. The highest BCUT2D eigenvalue weighted by Gasteiger charge is 2.13. The van der Waals surface area contributed by atoms with Crippen LogP contribution in [-0.4, -0.2) is 24.8 Å². The molecule has 19 heavy (non-hydrogen) atoms. The van der Waals surface area contributed by atoms with Crippen molar-refractivity contribution in [3.63, 3.8) is 0 Å². The van der Waals surface area contributed by atoms with Gasteiger partial charge in [0.1, 0.15) is 5.69 Å². The zero-order valence-electron chi connectivity index (χ0n) is 10.9. The quantitative estimate of drug-likeness (QED) is 0.624.